The molecule has 0 saturated carbocycles. The molecule has 0 radical (unpaired) electrons. The van der Waals surface area contributed by atoms with Crippen LogP contribution in [0.5, 0.6) is 5.88 Å². The van der Waals surface area contributed by atoms with Gasteiger partial charge in [-0.2, -0.15) is 0 Å². The highest BCUT2D eigenvalue weighted by atomic mass is 16.5. The minimum Gasteiger partial charge on any atom is -0.481 e. The van der Waals surface area contributed by atoms with Crippen molar-refractivity contribution < 1.29 is 4.74 Å². The molecule has 1 saturated heterocycles. The number of nitrogens with one attached hydrogen (secondary N) is 1. The zero-order chi connectivity index (χ0) is 12.3. The summed E-state index contributed by atoms with van der Waals surface area (Å²) in [5, 5.41) is 3.26. The summed E-state index contributed by atoms with van der Waals surface area (Å²) in [6.45, 7) is 5.40. The Morgan fingerprint density at radius 1 is 1.53 bits per heavy atom. The van der Waals surface area contributed by atoms with Gasteiger partial charge in [-0.1, -0.05) is 6.92 Å². The molecule has 94 valence electrons. The molecule has 1 aliphatic rings. The third-order valence-corrected chi connectivity index (χ3v) is 3.32. The van der Waals surface area contributed by atoms with Crippen LogP contribution in [0.25, 0.3) is 0 Å². The lowest BCUT2D eigenvalue weighted by atomic mass is 9.90. The molecule has 2 rings (SSSR count). The Labute approximate surface area is 102 Å². The smallest absolute Gasteiger partial charge is 0.218 e. The van der Waals surface area contributed by atoms with Gasteiger partial charge in [0.1, 0.15) is 12.1 Å². The molecule has 1 aliphatic heterocycles. The molecule has 1 aromatic rings. The quantitative estimate of drug-likeness (QED) is 0.842. The number of hydrogen-bond acceptors (Lipinski definition) is 5. The van der Waals surface area contributed by atoms with E-state index in [-0.39, 0.29) is 0 Å². The predicted molar refractivity (Wildman–Crippen MR) is 67.4 cm³/mol. The monoisotopic (exact) mass is 236 g/mol. The van der Waals surface area contributed by atoms with Gasteiger partial charge < -0.3 is 15.0 Å². The summed E-state index contributed by atoms with van der Waals surface area (Å²) in [7, 11) is 3.63. The topological polar surface area (TPSA) is 50.3 Å². The van der Waals surface area contributed by atoms with Crippen molar-refractivity contribution in [3.05, 3.63) is 12.4 Å². The van der Waals surface area contributed by atoms with Crippen molar-refractivity contribution >= 4 is 5.82 Å². The third-order valence-electron chi connectivity index (χ3n) is 3.32. The van der Waals surface area contributed by atoms with Crippen LogP contribution in [0.4, 0.5) is 5.82 Å². The highest BCUT2D eigenvalue weighted by Crippen LogP contribution is 2.32. The first kappa shape index (κ1) is 12.1. The van der Waals surface area contributed by atoms with Crippen LogP contribution in [0.2, 0.25) is 0 Å². The lowest BCUT2D eigenvalue weighted by Crippen LogP contribution is -2.33. The van der Waals surface area contributed by atoms with Crippen LogP contribution in [0.3, 0.4) is 0 Å². The van der Waals surface area contributed by atoms with Crippen LogP contribution in [-0.4, -0.2) is 43.8 Å². The lowest BCUT2D eigenvalue weighted by Gasteiger charge is -2.24. The van der Waals surface area contributed by atoms with Crippen LogP contribution < -0.4 is 15.0 Å². The van der Waals surface area contributed by atoms with E-state index >= 15 is 0 Å². The standard InChI is InChI=1S/C12H20N4O/c1-12(7-13-2)4-5-16(8-12)10-6-11(17-3)15-9-14-10/h6,9,13H,4-5,7-8H2,1-3H3. The molecule has 0 aliphatic carbocycles. The molecule has 1 aromatic heterocycles. The normalized spacial score (nSPS) is 24.1. The summed E-state index contributed by atoms with van der Waals surface area (Å²) in [6.07, 6.45) is 2.74. The summed E-state index contributed by atoms with van der Waals surface area (Å²) in [6, 6.07) is 1.89. The maximum Gasteiger partial charge on any atom is 0.218 e. The Balaban J connectivity index is 2.09. The van der Waals surface area contributed by atoms with Gasteiger partial charge in [-0.3, -0.25) is 0 Å². The third kappa shape index (κ3) is 2.66. The molecule has 5 nitrogen and oxygen atoms in total. The molecule has 5 heteroatoms. The fraction of sp³-hybridized carbons (Fsp3) is 0.667. The minimum absolute atomic E-state index is 0.326. The molecule has 0 bridgehead atoms. The van der Waals surface area contributed by atoms with E-state index < -0.39 is 0 Å². The van der Waals surface area contributed by atoms with Crippen molar-refractivity contribution in [1.82, 2.24) is 15.3 Å². The summed E-state index contributed by atoms with van der Waals surface area (Å²) in [5.41, 5.74) is 0.326. The molecule has 1 atom stereocenters. The molecular formula is C12H20N4O. The van der Waals surface area contributed by atoms with Gasteiger partial charge in [0, 0.05) is 25.7 Å². The Morgan fingerprint density at radius 2 is 2.35 bits per heavy atom. The molecule has 1 N–H and O–H groups in total. The number of ether oxygens (including phenoxy) is 1. The van der Waals surface area contributed by atoms with Crippen molar-refractivity contribution in [2.45, 2.75) is 13.3 Å². The number of hydrogen-bond donors (Lipinski definition) is 1. The van der Waals surface area contributed by atoms with Crippen molar-refractivity contribution in [1.29, 1.82) is 0 Å². The zero-order valence-corrected chi connectivity index (χ0v) is 10.7. The van der Waals surface area contributed by atoms with E-state index in [2.05, 4.69) is 27.1 Å². The highest BCUT2D eigenvalue weighted by molar-refractivity contribution is 5.42. The van der Waals surface area contributed by atoms with Gasteiger partial charge >= 0.3 is 0 Å². The average molecular weight is 236 g/mol. The summed E-state index contributed by atoms with van der Waals surface area (Å²) in [5.74, 6) is 1.58. The first-order chi connectivity index (χ1) is 8.17. The Hall–Kier alpha value is -1.36. The van der Waals surface area contributed by atoms with Crippen LogP contribution >= 0.6 is 0 Å². The average Bonchev–Trinajstić information content (AvgIpc) is 2.72. The summed E-state index contributed by atoms with van der Waals surface area (Å²) in [4.78, 5) is 10.6. The summed E-state index contributed by atoms with van der Waals surface area (Å²) < 4.78 is 5.12. The highest BCUT2D eigenvalue weighted by Gasteiger charge is 2.33. The van der Waals surface area contributed by atoms with Gasteiger partial charge in [-0.05, 0) is 18.9 Å². The first-order valence-electron chi connectivity index (χ1n) is 5.92. The van der Waals surface area contributed by atoms with Gasteiger partial charge in [0.15, 0.2) is 0 Å². The second-order valence-electron chi connectivity index (χ2n) is 4.93. The van der Waals surface area contributed by atoms with E-state index in [1.54, 1.807) is 13.4 Å². The van der Waals surface area contributed by atoms with Gasteiger partial charge in [0.2, 0.25) is 5.88 Å². The number of anilines is 1. The van der Waals surface area contributed by atoms with Crippen molar-refractivity contribution in [3.63, 3.8) is 0 Å². The molecular weight excluding hydrogens is 216 g/mol. The maximum absolute atomic E-state index is 5.12. The maximum atomic E-state index is 5.12. The van der Waals surface area contributed by atoms with Crippen LogP contribution in [0.15, 0.2) is 12.4 Å². The van der Waals surface area contributed by atoms with Crippen molar-refractivity contribution in [2.75, 3.05) is 38.7 Å². The van der Waals surface area contributed by atoms with Crippen molar-refractivity contribution in [3.8, 4) is 5.88 Å². The molecule has 0 spiro atoms. The fourth-order valence-electron chi connectivity index (χ4n) is 2.40. The first-order valence-corrected chi connectivity index (χ1v) is 5.92. The Kier molecular flexibility index (Phi) is 3.47. The van der Waals surface area contributed by atoms with Gasteiger partial charge in [-0.15, -0.1) is 0 Å². The van der Waals surface area contributed by atoms with Crippen LogP contribution in [-0.2, 0) is 0 Å². The molecule has 2 heterocycles. The molecule has 0 amide bonds. The van der Waals surface area contributed by atoms with E-state index in [4.69, 9.17) is 4.74 Å². The molecule has 1 unspecified atom stereocenters. The van der Waals surface area contributed by atoms with E-state index in [9.17, 15) is 0 Å². The second-order valence-corrected chi connectivity index (χ2v) is 4.93. The van der Waals surface area contributed by atoms with E-state index in [0.29, 0.717) is 11.3 Å². The SMILES string of the molecule is CNCC1(C)CCN(c2cc(OC)ncn2)C1. The largest absolute Gasteiger partial charge is 0.481 e. The second kappa shape index (κ2) is 4.87. The number of aromatic nitrogens is 2. The van der Waals surface area contributed by atoms with Gasteiger partial charge in [0.25, 0.3) is 0 Å². The van der Waals surface area contributed by atoms with Gasteiger partial charge in [-0.25, -0.2) is 9.97 Å². The predicted octanol–water partition coefficient (Wildman–Crippen LogP) is 0.921. The van der Waals surface area contributed by atoms with E-state index in [1.165, 1.54) is 6.42 Å². The number of methoxy groups -OCH3 is 1. The van der Waals surface area contributed by atoms with Crippen LogP contribution in [0, 0.1) is 5.41 Å². The molecule has 17 heavy (non-hydrogen) atoms. The summed E-state index contributed by atoms with van der Waals surface area (Å²) >= 11 is 0. The lowest BCUT2D eigenvalue weighted by molar-refractivity contribution is 0.355. The number of rotatable bonds is 4. The van der Waals surface area contributed by atoms with Gasteiger partial charge in [0.05, 0.1) is 7.11 Å². The molecule has 1 fully saturated rings. The Morgan fingerprint density at radius 3 is 3.06 bits per heavy atom. The van der Waals surface area contributed by atoms with Crippen LogP contribution in [0.1, 0.15) is 13.3 Å². The fourth-order valence-corrected chi connectivity index (χ4v) is 2.40. The molecule has 0 aromatic carbocycles. The Bertz CT molecular complexity index is 385. The minimum atomic E-state index is 0.326. The van der Waals surface area contributed by atoms with Crippen molar-refractivity contribution in [2.24, 2.45) is 5.41 Å². The number of nitrogens with zero attached hydrogens (tertiary/aromatic N) is 3. The van der Waals surface area contributed by atoms with E-state index in [1.807, 2.05) is 13.1 Å². The zero-order valence-electron chi connectivity index (χ0n) is 10.7. The van der Waals surface area contributed by atoms with E-state index in [0.717, 1.165) is 25.5 Å².